The molecule has 0 aliphatic rings. The van der Waals surface area contributed by atoms with Crippen LogP contribution in [0, 0.1) is 3.57 Å². The Bertz CT molecular complexity index is 814. The van der Waals surface area contributed by atoms with Gasteiger partial charge in [0.05, 0.1) is 6.61 Å². The SMILES string of the molecule is COCCNC(=O)c1cccc(NC(=S)NC(=O)c2cccc(I)c2)c1. The van der Waals surface area contributed by atoms with Gasteiger partial charge < -0.3 is 15.4 Å². The van der Waals surface area contributed by atoms with Crippen molar-refractivity contribution in [1.82, 2.24) is 10.6 Å². The first kappa shape index (κ1) is 20.3. The number of thiocarbonyl (C=S) groups is 1. The Morgan fingerprint density at radius 3 is 2.46 bits per heavy atom. The van der Waals surface area contributed by atoms with Crippen molar-refractivity contribution in [3.63, 3.8) is 0 Å². The van der Waals surface area contributed by atoms with Gasteiger partial charge in [-0.25, -0.2) is 0 Å². The van der Waals surface area contributed by atoms with Crippen LogP contribution in [0.4, 0.5) is 5.69 Å². The summed E-state index contributed by atoms with van der Waals surface area (Å²) < 4.78 is 5.86. The lowest BCUT2D eigenvalue weighted by molar-refractivity contribution is 0.0935. The molecule has 3 N–H and O–H groups in total. The predicted molar refractivity (Wildman–Crippen MR) is 113 cm³/mol. The van der Waals surface area contributed by atoms with Crippen molar-refractivity contribution in [2.24, 2.45) is 0 Å². The summed E-state index contributed by atoms with van der Waals surface area (Å²) in [5.41, 5.74) is 1.61. The van der Waals surface area contributed by atoms with Crippen molar-refractivity contribution in [2.75, 3.05) is 25.6 Å². The third-order valence-electron chi connectivity index (χ3n) is 3.29. The van der Waals surface area contributed by atoms with E-state index in [2.05, 4.69) is 38.5 Å². The van der Waals surface area contributed by atoms with E-state index in [9.17, 15) is 9.59 Å². The Kier molecular flexibility index (Phi) is 7.95. The van der Waals surface area contributed by atoms with E-state index >= 15 is 0 Å². The minimum Gasteiger partial charge on any atom is -0.383 e. The molecule has 2 aromatic rings. The Morgan fingerprint density at radius 2 is 1.77 bits per heavy atom. The average Bonchev–Trinajstić information content (AvgIpc) is 2.62. The molecule has 2 rings (SSSR count). The highest BCUT2D eigenvalue weighted by Crippen LogP contribution is 2.11. The zero-order chi connectivity index (χ0) is 18.9. The van der Waals surface area contributed by atoms with Crippen molar-refractivity contribution < 1.29 is 14.3 Å². The average molecular weight is 483 g/mol. The van der Waals surface area contributed by atoms with Crippen molar-refractivity contribution >= 4 is 57.4 Å². The topological polar surface area (TPSA) is 79.5 Å². The van der Waals surface area contributed by atoms with E-state index in [-0.39, 0.29) is 16.9 Å². The molecule has 8 heteroatoms. The first-order valence-corrected chi connectivity index (χ1v) is 9.23. The van der Waals surface area contributed by atoms with Crippen molar-refractivity contribution in [3.8, 4) is 0 Å². The van der Waals surface area contributed by atoms with E-state index in [0.717, 1.165) is 3.57 Å². The van der Waals surface area contributed by atoms with Gasteiger partial charge in [0.25, 0.3) is 11.8 Å². The molecule has 0 atom stereocenters. The van der Waals surface area contributed by atoms with Gasteiger partial charge in [-0.05, 0) is 71.2 Å². The fraction of sp³-hybridized carbons (Fsp3) is 0.167. The summed E-state index contributed by atoms with van der Waals surface area (Å²) in [5, 5.41) is 8.44. The number of carbonyl (C=O) groups is 2. The molecule has 0 aromatic heterocycles. The van der Waals surface area contributed by atoms with E-state index in [1.165, 1.54) is 0 Å². The number of hydrogen-bond donors (Lipinski definition) is 3. The number of nitrogens with one attached hydrogen (secondary N) is 3. The van der Waals surface area contributed by atoms with E-state index in [0.29, 0.717) is 30.0 Å². The first-order chi connectivity index (χ1) is 12.5. The second-order valence-electron chi connectivity index (χ2n) is 5.25. The maximum atomic E-state index is 12.2. The summed E-state index contributed by atoms with van der Waals surface area (Å²) in [4.78, 5) is 24.3. The molecule has 0 aliphatic carbocycles. The van der Waals surface area contributed by atoms with E-state index < -0.39 is 0 Å². The van der Waals surface area contributed by atoms with E-state index in [1.54, 1.807) is 49.6 Å². The van der Waals surface area contributed by atoms with Crippen LogP contribution >= 0.6 is 34.8 Å². The van der Waals surface area contributed by atoms with Crippen LogP contribution in [-0.4, -0.2) is 37.2 Å². The Balaban J connectivity index is 1.95. The van der Waals surface area contributed by atoms with Crippen LogP contribution in [0.5, 0.6) is 0 Å². The summed E-state index contributed by atoms with van der Waals surface area (Å²) in [7, 11) is 1.57. The highest BCUT2D eigenvalue weighted by atomic mass is 127. The van der Waals surface area contributed by atoms with Crippen LogP contribution in [0.1, 0.15) is 20.7 Å². The van der Waals surface area contributed by atoms with Crippen LogP contribution in [0.3, 0.4) is 0 Å². The molecule has 0 radical (unpaired) electrons. The van der Waals surface area contributed by atoms with Crippen molar-refractivity contribution in [3.05, 3.63) is 63.2 Å². The lowest BCUT2D eigenvalue weighted by atomic mass is 10.2. The van der Waals surface area contributed by atoms with E-state index in [4.69, 9.17) is 17.0 Å². The van der Waals surface area contributed by atoms with Crippen LogP contribution in [-0.2, 0) is 4.74 Å². The smallest absolute Gasteiger partial charge is 0.257 e. The molecular weight excluding hydrogens is 465 g/mol. The zero-order valence-electron chi connectivity index (χ0n) is 14.0. The number of halogens is 1. The molecule has 2 aromatic carbocycles. The lowest BCUT2D eigenvalue weighted by Gasteiger charge is -2.11. The Labute approximate surface area is 170 Å². The first-order valence-electron chi connectivity index (χ1n) is 7.74. The second-order valence-corrected chi connectivity index (χ2v) is 6.90. The molecule has 0 fully saturated rings. The number of ether oxygens (including phenoxy) is 1. The quantitative estimate of drug-likeness (QED) is 0.335. The summed E-state index contributed by atoms with van der Waals surface area (Å²) in [6.45, 7) is 0.871. The normalized spacial score (nSPS) is 10.1. The molecule has 0 spiro atoms. The van der Waals surface area contributed by atoms with Crippen LogP contribution in [0.15, 0.2) is 48.5 Å². The Morgan fingerprint density at radius 1 is 1.08 bits per heavy atom. The van der Waals surface area contributed by atoms with Gasteiger partial charge in [-0.3, -0.25) is 14.9 Å². The third kappa shape index (κ3) is 6.36. The number of methoxy groups -OCH3 is 1. The molecule has 0 saturated carbocycles. The fourth-order valence-electron chi connectivity index (χ4n) is 2.07. The molecule has 136 valence electrons. The number of hydrogen-bond acceptors (Lipinski definition) is 4. The summed E-state index contributed by atoms with van der Waals surface area (Å²) in [6.07, 6.45) is 0. The fourth-order valence-corrected chi connectivity index (χ4v) is 2.83. The molecule has 2 amide bonds. The van der Waals surface area contributed by atoms with Gasteiger partial charge in [0.2, 0.25) is 0 Å². The van der Waals surface area contributed by atoms with Gasteiger partial charge in [0, 0.05) is 34.0 Å². The van der Waals surface area contributed by atoms with E-state index in [1.807, 2.05) is 6.07 Å². The Hall–Kier alpha value is -2.04. The number of rotatable bonds is 6. The van der Waals surface area contributed by atoms with Crippen molar-refractivity contribution in [2.45, 2.75) is 0 Å². The number of benzene rings is 2. The van der Waals surface area contributed by atoms with Gasteiger partial charge in [0.15, 0.2) is 5.11 Å². The molecule has 26 heavy (non-hydrogen) atoms. The van der Waals surface area contributed by atoms with Crippen LogP contribution in [0.2, 0.25) is 0 Å². The number of anilines is 1. The van der Waals surface area contributed by atoms with Crippen LogP contribution < -0.4 is 16.0 Å². The summed E-state index contributed by atoms with van der Waals surface area (Å²) >= 11 is 7.32. The monoisotopic (exact) mass is 483 g/mol. The molecule has 0 saturated heterocycles. The largest absolute Gasteiger partial charge is 0.383 e. The maximum Gasteiger partial charge on any atom is 0.257 e. The van der Waals surface area contributed by atoms with Gasteiger partial charge in [-0.2, -0.15) is 0 Å². The van der Waals surface area contributed by atoms with Gasteiger partial charge in [-0.15, -0.1) is 0 Å². The maximum absolute atomic E-state index is 12.2. The number of carbonyl (C=O) groups excluding carboxylic acids is 2. The molecule has 6 nitrogen and oxygen atoms in total. The zero-order valence-corrected chi connectivity index (χ0v) is 17.0. The van der Waals surface area contributed by atoms with Gasteiger partial charge in [-0.1, -0.05) is 12.1 Å². The molecule has 0 bridgehead atoms. The highest BCUT2D eigenvalue weighted by Gasteiger charge is 2.10. The molecule has 0 aliphatic heterocycles. The molecule has 0 heterocycles. The minimum absolute atomic E-state index is 0.158. The molecular formula is C18H18IN3O3S. The highest BCUT2D eigenvalue weighted by molar-refractivity contribution is 14.1. The lowest BCUT2D eigenvalue weighted by Crippen LogP contribution is -2.34. The number of amides is 2. The standard InChI is InChI=1S/C18H18IN3O3S/c1-25-9-8-20-16(23)13-5-3-7-15(11-13)21-18(26)22-17(24)12-4-2-6-14(19)10-12/h2-7,10-11H,8-9H2,1H3,(H,20,23)(H2,21,22,24,26). The minimum atomic E-state index is -0.297. The summed E-state index contributed by atoms with van der Waals surface area (Å²) in [6, 6.07) is 14.0. The third-order valence-corrected chi connectivity index (χ3v) is 4.16. The van der Waals surface area contributed by atoms with Crippen molar-refractivity contribution in [1.29, 1.82) is 0 Å². The predicted octanol–water partition coefficient (Wildman–Crippen LogP) is 2.79. The van der Waals surface area contributed by atoms with Gasteiger partial charge >= 0.3 is 0 Å². The second kappa shape index (κ2) is 10.2. The summed E-state index contributed by atoms with van der Waals surface area (Å²) in [5.74, 6) is -0.506. The van der Waals surface area contributed by atoms with Gasteiger partial charge in [0.1, 0.15) is 0 Å². The van der Waals surface area contributed by atoms with Crippen LogP contribution in [0.25, 0.3) is 0 Å². The molecule has 0 unspecified atom stereocenters.